The fourth-order valence-electron chi connectivity index (χ4n) is 4.50. The third-order valence-corrected chi connectivity index (χ3v) is 6.39. The van der Waals surface area contributed by atoms with Gasteiger partial charge in [0.05, 0.1) is 6.61 Å². The van der Waals surface area contributed by atoms with Crippen molar-refractivity contribution in [3.05, 3.63) is 35.9 Å². The van der Waals surface area contributed by atoms with E-state index in [1.54, 1.807) is 0 Å². The molecule has 2 aliphatic rings. The van der Waals surface area contributed by atoms with Crippen molar-refractivity contribution in [3.8, 4) is 0 Å². The maximum atomic E-state index is 12.2. The number of hydrogen-bond donors (Lipinski definition) is 0. The average molecular weight is 387 g/mol. The largest absolute Gasteiger partial charge is 0.449 e. The minimum Gasteiger partial charge on any atom is -0.449 e. The molecule has 0 atom stereocenters. The summed E-state index contributed by atoms with van der Waals surface area (Å²) in [6.07, 6.45) is 12.7. The molecule has 0 N–H and O–H groups in total. The molecule has 1 aliphatic heterocycles. The maximum absolute atomic E-state index is 12.2. The van der Waals surface area contributed by atoms with Gasteiger partial charge < -0.3 is 9.64 Å². The van der Waals surface area contributed by atoms with Gasteiger partial charge in [0.15, 0.2) is 0 Å². The highest BCUT2D eigenvalue weighted by molar-refractivity contribution is 5.67. The lowest BCUT2D eigenvalue weighted by atomic mass is 9.87. The van der Waals surface area contributed by atoms with E-state index in [-0.39, 0.29) is 6.09 Å². The van der Waals surface area contributed by atoms with Crippen LogP contribution in [0.5, 0.6) is 0 Å². The van der Waals surface area contributed by atoms with Gasteiger partial charge in [-0.1, -0.05) is 62.4 Å². The molecule has 1 saturated carbocycles. The summed E-state index contributed by atoms with van der Waals surface area (Å²) in [5, 5.41) is 0. The Morgan fingerprint density at radius 2 is 1.68 bits per heavy atom. The Hall–Kier alpha value is -1.55. The highest BCUT2D eigenvalue weighted by atomic mass is 16.6. The minimum atomic E-state index is -0.116. The second-order valence-electron chi connectivity index (χ2n) is 8.53. The first-order valence-corrected chi connectivity index (χ1v) is 11.5. The number of carbonyl (C=O) groups is 1. The van der Waals surface area contributed by atoms with Gasteiger partial charge in [0.2, 0.25) is 0 Å². The van der Waals surface area contributed by atoms with Gasteiger partial charge in [-0.05, 0) is 50.1 Å². The van der Waals surface area contributed by atoms with Gasteiger partial charge >= 0.3 is 6.09 Å². The maximum Gasteiger partial charge on any atom is 0.409 e. The number of carbonyl (C=O) groups excluding carboxylic acids is 1. The molecule has 0 aromatic heterocycles. The van der Waals surface area contributed by atoms with Crippen LogP contribution in [0.25, 0.3) is 0 Å². The van der Waals surface area contributed by atoms with E-state index in [4.69, 9.17) is 4.74 Å². The van der Waals surface area contributed by atoms with Gasteiger partial charge in [0.1, 0.15) is 0 Å². The zero-order valence-corrected chi connectivity index (χ0v) is 17.5. The molecule has 1 saturated heterocycles. The summed E-state index contributed by atoms with van der Waals surface area (Å²) in [5.74, 6) is 0.943. The molecule has 1 aliphatic carbocycles. The van der Waals surface area contributed by atoms with Crippen molar-refractivity contribution in [2.24, 2.45) is 5.92 Å². The lowest BCUT2D eigenvalue weighted by molar-refractivity contribution is 0.0731. The van der Waals surface area contributed by atoms with Crippen LogP contribution in [-0.2, 0) is 11.2 Å². The van der Waals surface area contributed by atoms with Crippen molar-refractivity contribution >= 4 is 6.09 Å². The van der Waals surface area contributed by atoms with E-state index in [1.807, 2.05) is 4.90 Å². The molecule has 0 spiro atoms. The third kappa shape index (κ3) is 7.46. The van der Waals surface area contributed by atoms with Gasteiger partial charge in [0, 0.05) is 26.2 Å². The molecule has 156 valence electrons. The number of amides is 1. The van der Waals surface area contributed by atoms with Gasteiger partial charge in [0.25, 0.3) is 0 Å². The van der Waals surface area contributed by atoms with Gasteiger partial charge in [-0.15, -0.1) is 0 Å². The molecule has 1 aromatic rings. The number of ether oxygens (including phenoxy) is 1. The van der Waals surface area contributed by atoms with Crippen LogP contribution < -0.4 is 0 Å². The predicted molar refractivity (Wildman–Crippen MR) is 115 cm³/mol. The summed E-state index contributed by atoms with van der Waals surface area (Å²) in [6.45, 7) is 5.39. The van der Waals surface area contributed by atoms with Gasteiger partial charge in [-0.3, -0.25) is 4.90 Å². The molecule has 1 heterocycles. The topological polar surface area (TPSA) is 32.8 Å². The van der Waals surface area contributed by atoms with Crippen molar-refractivity contribution < 1.29 is 9.53 Å². The molecule has 4 heteroatoms. The van der Waals surface area contributed by atoms with E-state index in [9.17, 15) is 4.79 Å². The normalized spacial score (nSPS) is 18.9. The highest BCUT2D eigenvalue weighted by Crippen LogP contribution is 2.26. The molecule has 28 heavy (non-hydrogen) atoms. The Morgan fingerprint density at radius 3 is 2.43 bits per heavy atom. The Bertz CT molecular complexity index is 549. The van der Waals surface area contributed by atoms with Gasteiger partial charge in [-0.2, -0.15) is 0 Å². The minimum absolute atomic E-state index is 0.116. The number of nitrogens with zero attached hydrogens (tertiary/aromatic N) is 2. The van der Waals surface area contributed by atoms with Gasteiger partial charge in [-0.25, -0.2) is 4.79 Å². The van der Waals surface area contributed by atoms with Crippen LogP contribution in [0.3, 0.4) is 0 Å². The number of rotatable bonds is 9. The van der Waals surface area contributed by atoms with Crippen molar-refractivity contribution in [1.29, 1.82) is 0 Å². The number of unbranched alkanes of at least 4 members (excludes halogenated alkanes) is 2. The van der Waals surface area contributed by atoms with Crippen molar-refractivity contribution in [1.82, 2.24) is 9.80 Å². The van der Waals surface area contributed by atoms with Crippen LogP contribution in [-0.4, -0.2) is 55.2 Å². The first kappa shape index (κ1) is 21.2. The van der Waals surface area contributed by atoms with Crippen LogP contribution in [0, 0.1) is 5.92 Å². The first-order valence-electron chi connectivity index (χ1n) is 11.5. The predicted octanol–water partition coefficient (Wildman–Crippen LogP) is 5.12. The number of aryl methyl sites for hydroxylation is 1. The Labute approximate surface area is 171 Å². The molecule has 0 unspecified atom stereocenters. The molecular weight excluding hydrogens is 348 g/mol. The summed E-state index contributed by atoms with van der Waals surface area (Å²) >= 11 is 0. The molecule has 2 fully saturated rings. The van der Waals surface area contributed by atoms with Crippen LogP contribution in [0.1, 0.15) is 63.4 Å². The standard InChI is InChI=1S/C24H38N2O2/c27-24(28-21-9-3-8-12-22-10-4-1-5-11-22)26-19-17-25(18-20-26)16-15-23-13-6-2-7-14-23/h1,4-5,10-11,23H,2-3,6-9,12-21H2. The summed E-state index contributed by atoms with van der Waals surface area (Å²) in [4.78, 5) is 16.7. The quantitative estimate of drug-likeness (QED) is 0.552. The SMILES string of the molecule is O=C(OCCCCCc1ccccc1)N1CCN(CCC2CCCCC2)CC1. The average Bonchev–Trinajstić information content (AvgIpc) is 2.76. The molecule has 3 rings (SSSR count). The molecule has 0 radical (unpaired) electrons. The molecule has 0 bridgehead atoms. The number of hydrogen-bond acceptors (Lipinski definition) is 3. The molecular formula is C24H38N2O2. The van der Waals surface area contributed by atoms with E-state index in [1.165, 1.54) is 50.6 Å². The van der Waals surface area contributed by atoms with E-state index >= 15 is 0 Å². The van der Waals surface area contributed by atoms with Crippen molar-refractivity contribution in [3.63, 3.8) is 0 Å². The van der Waals surface area contributed by atoms with Crippen LogP contribution in [0.4, 0.5) is 4.79 Å². The van der Waals surface area contributed by atoms with E-state index in [0.29, 0.717) is 6.61 Å². The monoisotopic (exact) mass is 386 g/mol. The zero-order chi connectivity index (χ0) is 19.4. The van der Waals surface area contributed by atoms with E-state index in [2.05, 4.69) is 35.2 Å². The number of piperazine rings is 1. The van der Waals surface area contributed by atoms with Crippen LogP contribution in [0.15, 0.2) is 30.3 Å². The lowest BCUT2D eigenvalue weighted by Crippen LogP contribution is -2.49. The van der Waals surface area contributed by atoms with Crippen LogP contribution in [0.2, 0.25) is 0 Å². The Balaban J connectivity index is 1.20. The Morgan fingerprint density at radius 1 is 0.929 bits per heavy atom. The molecule has 4 nitrogen and oxygen atoms in total. The third-order valence-electron chi connectivity index (χ3n) is 6.39. The van der Waals surface area contributed by atoms with Crippen LogP contribution >= 0.6 is 0 Å². The van der Waals surface area contributed by atoms with Crippen molar-refractivity contribution in [2.45, 2.75) is 64.2 Å². The summed E-state index contributed by atoms with van der Waals surface area (Å²) in [5.41, 5.74) is 1.39. The fraction of sp³-hybridized carbons (Fsp3) is 0.708. The van der Waals surface area contributed by atoms with E-state index < -0.39 is 0 Å². The summed E-state index contributed by atoms with van der Waals surface area (Å²) in [7, 11) is 0. The smallest absolute Gasteiger partial charge is 0.409 e. The Kier molecular flexibility index (Phi) is 9.15. The molecule has 1 aromatic carbocycles. The highest BCUT2D eigenvalue weighted by Gasteiger charge is 2.23. The second kappa shape index (κ2) is 12.1. The fourth-order valence-corrected chi connectivity index (χ4v) is 4.50. The number of benzene rings is 1. The van der Waals surface area contributed by atoms with E-state index in [0.717, 1.165) is 57.8 Å². The summed E-state index contributed by atoms with van der Waals surface area (Å²) < 4.78 is 5.49. The van der Waals surface area contributed by atoms with Crippen molar-refractivity contribution in [2.75, 3.05) is 39.3 Å². The first-order chi connectivity index (χ1) is 13.8. The lowest BCUT2D eigenvalue weighted by Gasteiger charge is -2.35. The molecule has 1 amide bonds. The zero-order valence-electron chi connectivity index (χ0n) is 17.5. The second-order valence-corrected chi connectivity index (χ2v) is 8.53. The summed E-state index contributed by atoms with van der Waals surface area (Å²) in [6, 6.07) is 10.6.